The minimum absolute atomic E-state index is 0.00407. The maximum absolute atomic E-state index is 13.5. The summed E-state index contributed by atoms with van der Waals surface area (Å²) in [6.45, 7) is 5.41. The maximum atomic E-state index is 13.5. The number of nitrogen functional groups attached to an aromatic ring is 1. The van der Waals surface area contributed by atoms with Crippen LogP contribution in [0.15, 0.2) is 48.5 Å². The van der Waals surface area contributed by atoms with Crippen LogP contribution >= 0.6 is 0 Å². The first-order chi connectivity index (χ1) is 16.0. The van der Waals surface area contributed by atoms with Crippen molar-refractivity contribution >= 4 is 34.1 Å². The van der Waals surface area contributed by atoms with E-state index in [0.29, 0.717) is 28.6 Å². The number of unbranched alkanes of at least 4 members (excludes halogenated alkanes) is 2. The number of anilines is 1. The molecular weight excluding hydrogens is 412 g/mol. The first-order valence-electron chi connectivity index (χ1n) is 11.6. The van der Waals surface area contributed by atoms with Crippen LogP contribution in [0.25, 0.3) is 21.9 Å². The summed E-state index contributed by atoms with van der Waals surface area (Å²) in [5.41, 5.74) is 10.1. The Morgan fingerprint density at radius 1 is 0.939 bits per heavy atom. The Balaban J connectivity index is 1.93. The van der Waals surface area contributed by atoms with Crippen molar-refractivity contribution in [3.63, 3.8) is 0 Å². The predicted molar refractivity (Wildman–Crippen MR) is 134 cm³/mol. The first-order valence-corrected chi connectivity index (χ1v) is 11.6. The number of carbonyl (C=O) groups is 2. The molecule has 1 heterocycles. The van der Waals surface area contributed by atoms with E-state index in [4.69, 9.17) is 11.1 Å². The molecule has 0 unspecified atom stereocenters. The predicted octanol–water partition coefficient (Wildman–Crippen LogP) is 5.40. The molecular formula is C27H30N4O2. The minimum atomic E-state index is -0.249. The molecule has 170 valence electrons. The molecule has 3 aromatic rings. The minimum Gasteiger partial charge on any atom is -0.385 e. The van der Waals surface area contributed by atoms with Crippen LogP contribution in [0.1, 0.15) is 65.8 Å². The second-order valence-corrected chi connectivity index (χ2v) is 8.50. The lowest BCUT2D eigenvalue weighted by molar-refractivity contribution is 0.0608. The Bertz CT molecular complexity index is 1250. The van der Waals surface area contributed by atoms with Gasteiger partial charge < -0.3 is 11.1 Å². The number of nitrogens with zero attached hydrogens (tertiary/aromatic N) is 1. The summed E-state index contributed by atoms with van der Waals surface area (Å²) in [6, 6.07) is 15.1. The van der Waals surface area contributed by atoms with E-state index in [1.165, 1.54) is 4.90 Å². The molecule has 6 heteroatoms. The number of nitrogens with one attached hydrogen (secondary N) is 2. The van der Waals surface area contributed by atoms with Gasteiger partial charge in [-0.25, -0.2) is 0 Å². The molecule has 0 bridgehead atoms. The van der Waals surface area contributed by atoms with Gasteiger partial charge in [-0.15, -0.1) is 0 Å². The van der Waals surface area contributed by atoms with Gasteiger partial charge in [0.05, 0.1) is 0 Å². The van der Waals surface area contributed by atoms with Gasteiger partial charge >= 0.3 is 0 Å². The highest BCUT2D eigenvalue weighted by atomic mass is 16.2. The summed E-state index contributed by atoms with van der Waals surface area (Å²) in [5, 5.41) is 12.8. The van der Waals surface area contributed by atoms with Gasteiger partial charge in [0.2, 0.25) is 0 Å². The molecule has 1 aliphatic heterocycles. The number of imide groups is 1. The highest BCUT2D eigenvalue weighted by molar-refractivity contribution is 6.27. The lowest BCUT2D eigenvalue weighted by atomic mass is 9.89. The van der Waals surface area contributed by atoms with Crippen LogP contribution in [-0.2, 0) is 0 Å². The van der Waals surface area contributed by atoms with Crippen molar-refractivity contribution in [2.24, 2.45) is 5.73 Å². The molecule has 0 fully saturated rings. The van der Waals surface area contributed by atoms with Gasteiger partial charge in [0.15, 0.2) is 0 Å². The van der Waals surface area contributed by atoms with Crippen molar-refractivity contribution in [3.8, 4) is 11.1 Å². The Morgan fingerprint density at radius 3 is 2.42 bits per heavy atom. The van der Waals surface area contributed by atoms with Crippen LogP contribution in [-0.4, -0.2) is 35.6 Å². The third kappa shape index (κ3) is 4.21. The largest absolute Gasteiger partial charge is 0.385 e. The number of hydrogen-bond donors (Lipinski definition) is 3. The van der Waals surface area contributed by atoms with Gasteiger partial charge in [-0.2, -0.15) is 0 Å². The molecule has 6 nitrogen and oxygen atoms in total. The summed E-state index contributed by atoms with van der Waals surface area (Å²) in [5.74, 6) is -0.478. The van der Waals surface area contributed by atoms with Crippen LogP contribution in [0, 0.1) is 5.41 Å². The first kappa shape index (κ1) is 22.5. The van der Waals surface area contributed by atoms with Crippen molar-refractivity contribution in [2.75, 3.05) is 18.4 Å². The lowest BCUT2D eigenvalue weighted by Gasteiger charge is -2.28. The number of carbonyl (C=O) groups excluding carboxylic acids is 2. The molecule has 2 amide bonds. The molecule has 4 rings (SSSR count). The van der Waals surface area contributed by atoms with Crippen LogP contribution in [0.5, 0.6) is 0 Å². The van der Waals surface area contributed by atoms with Crippen molar-refractivity contribution in [1.29, 1.82) is 5.41 Å². The van der Waals surface area contributed by atoms with E-state index in [-0.39, 0.29) is 17.6 Å². The topological polar surface area (TPSA) is 99.3 Å². The summed E-state index contributed by atoms with van der Waals surface area (Å²) in [7, 11) is 0. The molecule has 4 N–H and O–H groups in total. The third-order valence-electron chi connectivity index (χ3n) is 6.15. The maximum Gasteiger partial charge on any atom is 0.261 e. The Morgan fingerprint density at radius 2 is 1.70 bits per heavy atom. The summed E-state index contributed by atoms with van der Waals surface area (Å²) in [6.07, 6.45) is 3.77. The highest BCUT2D eigenvalue weighted by Gasteiger charge is 2.33. The smallest absolute Gasteiger partial charge is 0.261 e. The van der Waals surface area contributed by atoms with Gasteiger partial charge in [0, 0.05) is 46.2 Å². The third-order valence-corrected chi connectivity index (χ3v) is 6.15. The van der Waals surface area contributed by atoms with Crippen LogP contribution in [0.3, 0.4) is 0 Å². The average molecular weight is 443 g/mol. The summed E-state index contributed by atoms with van der Waals surface area (Å²) < 4.78 is 0. The fourth-order valence-electron chi connectivity index (χ4n) is 4.32. The van der Waals surface area contributed by atoms with Crippen molar-refractivity contribution in [1.82, 2.24) is 4.90 Å². The normalized spacial score (nSPS) is 13.0. The second-order valence-electron chi connectivity index (χ2n) is 8.50. The average Bonchev–Trinajstić information content (AvgIpc) is 2.82. The van der Waals surface area contributed by atoms with Gasteiger partial charge in [-0.3, -0.25) is 19.9 Å². The van der Waals surface area contributed by atoms with Crippen molar-refractivity contribution < 1.29 is 9.59 Å². The molecule has 1 aliphatic rings. The highest BCUT2D eigenvalue weighted by Crippen LogP contribution is 2.38. The molecule has 0 aromatic heterocycles. The molecule has 3 aromatic carbocycles. The van der Waals surface area contributed by atoms with E-state index >= 15 is 0 Å². The SMILES string of the molecule is CCCCNc1ccc2c3c(cc(-c4cccc(C(=N)N)c4)cc13)C(=O)N(CCCC)C2=O. The molecule has 0 atom stereocenters. The van der Waals surface area contributed by atoms with Crippen LogP contribution < -0.4 is 11.1 Å². The van der Waals surface area contributed by atoms with Gasteiger partial charge in [-0.05, 0) is 54.3 Å². The fraction of sp³-hybridized carbons (Fsp3) is 0.296. The Kier molecular flexibility index (Phi) is 6.45. The zero-order valence-electron chi connectivity index (χ0n) is 19.2. The molecule has 0 saturated carbocycles. The van der Waals surface area contributed by atoms with Crippen molar-refractivity contribution in [2.45, 2.75) is 39.5 Å². The number of benzene rings is 3. The monoisotopic (exact) mass is 442 g/mol. The van der Waals surface area contributed by atoms with Gasteiger partial charge in [0.1, 0.15) is 5.84 Å². The number of nitrogens with two attached hydrogens (primary N) is 1. The van der Waals surface area contributed by atoms with Crippen molar-refractivity contribution in [3.05, 3.63) is 65.2 Å². The van der Waals surface area contributed by atoms with E-state index < -0.39 is 0 Å². The number of amides is 2. The Hall–Kier alpha value is -3.67. The van der Waals surface area contributed by atoms with Crippen LogP contribution in [0.2, 0.25) is 0 Å². The van der Waals surface area contributed by atoms with E-state index in [9.17, 15) is 9.59 Å². The molecule has 33 heavy (non-hydrogen) atoms. The number of rotatable bonds is 9. The van der Waals surface area contributed by atoms with E-state index in [0.717, 1.165) is 54.4 Å². The van der Waals surface area contributed by atoms with Crippen LogP contribution in [0.4, 0.5) is 5.69 Å². The quantitative estimate of drug-likeness (QED) is 0.179. The summed E-state index contributed by atoms with van der Waals surface area (Å²) >= 11 is 0. The van der Waals surface area contributed by atoms with E-state index in [2.05, 4.69) is 12.2 Å². The standard InChI is InChI=1S/C27H30N4O2/c1-3-5-12-30-23-11-10-20-24-21(23)15-19(17-8-7-9-18(14-17)25(28)29)16-22(24)27(33)31(26(20)32)13-6-4-2/h7-11,14-16,30H,3-6,12-13H2,1-2H3,(H3,28,29). The zero-order valence-corrected chi connectivity index (χ0v) is 19.2. The number of amidine groups is 1. The molecule has 0 radical (unpaired) electrons. The Labute approximate surface area is 194 Å². The van der Waals surface area contributed by atoms with Gasteiger partial charge in [0.25, 0.3) is 11.8 Å². The lowest BCUT2D eigenvalue weighted by Crippen LogP contribution is -2.40. The molecule has 0 spiro atoms. The van der Waals surface area contributed by atoms with E-state index in [1.807, 2.05) is 49.4 Å². The molecule has 0 saturated heterocycles. The zero-order chi connectivity index (χ0) is 23.5. The van der Waals surface area contributed by atoms with E-state index in [1.54, 1.807) is 6.07 Å². The molecule has 0 aliphatic carbocycles. The second kappa shape index (κ2) is 9.45. The summed E-state index contributed by atoms with van der Waals surface area (Å²) in [4.78, 5) is 28.1. The number of hydrogen-bond acceptors (Lipinski definition) is 4. The van der Waals surface area contributed by atoms with Gasteiger partial charge in [-0.1, -0.05) is 44.9 Å². The fourth-order valence-corrected chi connectivity index (χ4v) is 4.32.